The van der Waals surface area contributed by atoms with Crippen LogP contribution >= 0.6 is 0 Å². The molecule has 0 saturated carbocycles. The minimum absolute atomic E-state index is 0.00382. The number of benzene rings is 2. The van der Waals surface area contributed by atoms with Gasteiger partial charge in [0.25, 0.3) is 5.91 Å². The quantitative estimate of drug-likeness (QED) is 0.757. The van der Waals surface area contributed by atoms with Crippen LogP contribution in [0.1, 0.15) is 44.0 Å². The number of hydrogen-bond acceptors (Lipinski definition) is 4. The van der Waals surface area contributed by atoms with Gasteiger partial charge in [-0.25, -0.2) is 4.79 Å². The molecule has 1 heterocycles. The summed E-state index contributed by atoms with van der Waals surface area (Å²) in [5.41, 5.74) is 1.31. The summed E-state index contributed by atoms with van der Waals surface area (Å²) in [4.78, 5) is 38.9. The van der Waals surface area contributed by atoms with E-state index < -0.39 is 11.7 Å². The third kappa shape index (κ3) is 6.57. The molecule has 1 aliphatic rings. The number of piperidine rings is 1. The first-order chi connectivity index (χ1) is 14.7. The largest absolute Gasteiger partial charge is 0.444 e. The molecule has 0 aliphatic carbocycles. The van der Waals surface area contributed by atoms with Gasteiger partial charge in [0.05, 0.1) is 0 Å². The number of anilines is 2. The number of rotatable bonds is 4. The van der Waals surface area contributed by atoms with Crippen molar-refractivity contribution in [2.75, 3.05) is 23.7 Å². The van der Waals surface area contributed by atoms with Crippen molar-refractivity contribution in [2.24, 2.45) is 5.92 Å². The van der Waals surface area contributed by atoms with Crippen LogP contribution in [0.15, 0.2) is 54.6 Å². The molecule has 31 heavy (non-hydrogen) atoms. The monoisotopic (exact) mass is 423 g/mol. The Bertz CT molecular complexity index is 912. The van der Waals surface area contributed by atoms with E-state index in [4.69, 9.17) is 4.74 Å². The van der Waals surface area contributed by atoms with Gasteiger partial charge < -0.3 is 15.0 Å². The van der Waals surface area contributed by atoms with E-state index in [9.17, 15) is 14.4 Å². The van der Waals surface area contributed by atoms with Crippen LogP contribution < -0.4 is 10.6 Å². The van der Waals surface area contributed by atoms with E-state index in [1.54, 1.807) is 49.9 Å². The van der Waals surface area contributed by atoms with Crippen LogP contribution in [0.4, 0.5) is 16.2 Å². The van der Waals surface area contributed by atoms with Crippen molar-refractivity contribution in [3.05, 3.63) is 60.2 Å². The SMILES string of the molecule is CC(C)(C)OC(=O)Nc1ccc(C(=O)N2CCC(C(=O)Nc3ccccc3)CC2)cc1. The Morgan fingerprint density at radius 3 is 2.03 bits per heavy atom. The summed E-state index contributed by atoms with van der Waals surface area (Å²) in [6, 6.07) is 16.1. The first-order valence-electron chi connectivity index (χ1n) is 10.5. The maximum absolute atomic E-state index is 12.8. The van der Waals surface area contributed by atoms with E-state index in [0.29, 0.717) is 37.2 Å². The second-order valence-corrected chi connectivity index (χ2v) is 8.63. The normalized spacial score (nSPS) is 14.6. The Morgan fingerprint density at radius 2 is 1.45 bits per heavy atom. The van der Waals surface area contributed by atoms with Gasteiger partial charge in [0.15, 0.2) is 0 Å². The van der Waals surface area contributed by atoms with Crippen molar-refractivity contribution in [1.82, 2.24) is 4.90 Å². The van der Waals surface area contributed by atoms with Crippen LogP contribution in [0, 0.1) is 5.92 Å². The minimum Gasteiger partial charge on any atom is -0.444 e. The van der Waals surface area contributed by atoms with Gasteiger partial charge in [0.2, 0.25) is 5.91 Å². The zero-order valence-corrected chi connectivity index (χ0v) is 18.2. The van der Waals surface area contributed by atoms with Gasteiger partial charge in [0.1, 0.15) is 5.60 Å². The first-order valence-corrected chi connectivity index (χ1v) is 10.5. The predicted molar refractivity (Wildman–Crippen MR) is 120 cm³/mol. The number of nitrogens with zero attached hydrogens (tertiary/aromatic N) is 1. The molecule has 1 aliphatic heterocycles. The molecule has 0 spiro atoms. The summed E-state index contributed by atoms with van der Waals surface area (Å²) in [7, 11) is 0. The molecule has 0 aromatic heterocycles. The zero-order valence-electron chi connectivity index (χ0n) is 18.2. The maximum Gasteiger partial charge on any atom is 0.412 e. The second kappa shape index (κ2) is 9.64. The average molecular weight is 424 g/mol. The Kier molecular flexibility index (Phi) is 6.95. The topological polar surface area (TPSA) is 87.7 Å². The average Bonchev–Trinajstić information content (AvgIpc) is 2.73. The van der Waals surface area contributed by atoms with Crippen molar-refractivity contribution >= 4 is 29.3 Å². The van der Waals surface area contributed by atoms with Gasteiger partial charge >= 0.3 is 6.09 Å². The lowest BCUT2D eigenvalue weighted by molar-refractivity contribution is -0.121. The highest BCUT2D eigenvalue weighted by Gasteiger charge is 2.28. The lowest BCUT2D eigenvalue weighted by Gasteiger charge is -2.31. The number of para-hydroxylation sites is 1. The fourth-order valence-electron chi connectivity index (χ4n) is 3.41. The second-order valence-electron chi connectivity index (χ2n) is 8.63. The van der Waals surface area contributed by atoms with Crippen molar-refractivity contribution in [1.29, 1.82) is 0 Å². The van der Waals surface area contributed by atoms with Crippen molar-refractivity contribution in [2.45, 2.75) is 39.2 Å². The highest BCUT2D eigenvalue weighted by molar-refractivity contribution is 5.96. The summed E-state index contributed by atoms with van der Waals surface area (Å²) in [5, 5.41) is 5.59. The Morgan fingerprint density at radius 1 is 0.871 bits per heavy atom. The van der Waals surface area contributed by atoms with Crippen LogP contribution in [-0.4, -0.2) is 41.5 Å². The molecule has 164 valence electrons. The van der Waals surface area contributed by atoms with Gasteiger partial charge in [-0.3, -0.25) is 14.9 Å². The Balaban J connectivity index is 1.50. The summed E-state index contributed by atoms with van der Waals surface area (Å²) >= 11 is 0. The van der Waals surface area contributed by atoms with Gasteiger partial charge in [-0.1, -0.05) is 18.2 Å². The first kappa shape index (κ1) is 22.3. The van der Waals surface area contributed by atoms with Gasteiger partial charge in [0, 0.05) is 35.9 Å². The van der Waals surface area contributed by atoms with Crippen LogP contribution in [0.3, 0.4) is 0 Å². The zero-order chi connectivity index (χ0) is 22.4. The van der Waals surface area contributed by atoms with E-state index in [1.165, 1.54) is 0 Å². The molecule has 0 atom stereocenters. The molecule has 1 saturated heterocycles. The lowest BCUT2D eigenvalue weighted by atomic mass is 9.95. The van der Waals surface area contributed by atoms with E-state index in [0.717, 1.165) is 5.69 Å². The Hall–Kier alpha value is -3.35. The maximum atomic E-state index is 12.8. The summed E-state index contributed by atoms with van der Waals surface area (Å²) in [6.07, 6.45) is 0.716. The van der Waals surface area contributed by atoms with Crippen LogP contribution in [0.25, 0.3) is 0 Å². The predicted octanol–water partition coefficient (Wildman–Crippen LogP) is 4.52. The lowest BCUT2D eigenvalue weighted by Crippen LogP contribution is -2.41. The number of likely N-dealkylation sites (tertiary alicyclic amines) is 1. The molecule has 2 aromatic carbocycles. The van der Waals surface area contributed by atoms with Gasteiger partial charge in [-0.05, 0) is 70.0 Å². The molecular formula is C24H29N3O4. The highest BCUT2D eigenvalue weighted by atomic mass is 16.6. The van der Waals surface area contributed by atoms with Crippen molar-refractivity contribution in [3.8, 4) is 0 Å². The number of hydrogen-bond donors (Lipinski definition) is 2. The molecule has 2 N–H and O–H groups in total. The van der Waals surface area contributed by atoms with Crippen molar-refractivity contribution in [3.63, 3.8) is 0 Å². The van der Waals surface area contributed by atoms with Crippen LogP contribution in [0.5, 0.6) is 0 Å². The van der Waals surface area contributed by atoms with E-state index in [1.807, 2.05) is 30.3 Å². The molecule has 0 unspecified atom stereocenters. The smallest absolute Gasteiger partial charge is 0.412 e. The summed E-state index contributed by atoms with van der Waals surface area (Å²) in [5.74, 6) is -0.189. The highest BCUT2D eigenvalue weighted by Crippen LogP contribution is 2.22. The van der Waals surface area contributed by atoms with E-state index in [2.05, 4.69) is 10.6 Å². The number of carbonyl (C=O) groups is 3. The summed E-state index contributed by atoms with van der Waals surface area (Å²) < 4.78 is 5.22. The van der Waals surface area contributed by atoms with Gasteiger partial charge in [-0.15, -0.1) is 0 Å². The fraction of sp³-hybridized carbons (Fsp3) is 0.375. The van der Waals surface area contributed by atoms with Crippen molar-refractivity contribution < 1.29 is 19.1 Å². The molecule has 3 rings (SSSR count). The molecular weight excluding hydrogens is 394 g/mol. The third-order valence-corrected chi connectivity index (χ3v) is 4.97. The van der Waals surface area contributed by atoms with Gasteiger partial charge in [-0.2, -0.15) is 0 Å². The molecule has 3 amide bonds. The molecule has 0 bridgehead atoms. The van der Waals surface area contributed by atoms with E-state index >= 15 is 0 Å². The number of ether oxygens (including phenoxy) is 1. The number of carbonyl (C=O) groups excluding carboxylic acids is 3. The molecule has 7 heteroatoms. The minimum atomic E-state index is -0.579. The standard InChI is InChI=1S/C24H29N3O4/c1-24(2,3)31-23(30)26-20-11-9-18(10-12-20)22(29)27-15-13-17(14-16-27)21(28)25-19-7-5-4-6-8-19/h4-12,17H,13-16H2,1-3H3,(H,25,28)(H,26,30). The third-order valence-electron chi connectivity index (χ3n) is 4.97. The number of amides is 3. The molecule has 7 nitrogen and oxygen atoms in total. The number of nitrogens with one attached hydrogen (secondary N) is 2. The molecule has 1 fully saturated rings. The Labute approximate surface area is 182 Å². The van der Waals surface area contributed by atoms with E-state index in [-0.39, 0.29) is 17.7 Å². The summed E-state index contributed by atoms with van der Waals surface area (Å²) in [6.45, 7) is 6.45. The fourth-order valence-corrected chi connectivity index (χ4v) is 3.41. The molecule has 2 aromatic rings. The van der Waals surface area contributed by atoms with Crippen LogP contribution in [-0.2, 0) is 9.53 Å². The van der Waals surface area contributed by atoms with Crippen LogP contribution in [0.2, 0.25) is 0 Å². The molecule has 0 radical (unpaired) electrons.